The number of nitrogens with one attached hydrogen (secondary N) is 1. The van der Waals surface area contributed by atoms with Gasteiger partial charge in [-0.1, -0.05) is 12.1 Å². The molecule has 174 valence electrons. The van der Waals surface area contributed by atoms with E-state index in [4.69, 9.17) is 19.3 Å². The van der Waals surface area contributed by atoms with Gasteiger partial charge < -0.3 is 24.4 Å². The number of amides is 1. The standard InChI is InChI=1S/C23H28N6O4/c1-31-18-4-2-3-17(15-18)16-24-22(30)8-7-20-26-25-19-5-6-21(27-29(19)20)28-11-9-23(10-12-28)32-13-14-33-23/h2-6,15H,7-14,16H2,1H3,(H,24,30). The van der Waals surface area contributed by atoms with Crippen LogP contribution in [0.4, 0.5) is 5.82 Å². The number of fused-ring (bicyclic) bond motifs is 1. The first-order valence-corrected chi connectivity index (χ1v) is 11.3. The Morgan fingerprint density at radius 2 is 1.97 bits per heavy atom. The largest absolute Gasteiger partial charge is 0.497 e. The molecule has 3 aromatic rings. The van der Waals surface area contributed by atoms with Crippen molar-refractivity contribution in [2.24, 2.45) is 0 Å². The molecule has 0 atom stereocenters. The lowest BCUT2D eigenvalue weighted by atomic mass is 10.0. The second kappa shape index (κ2) is 9.32. The summed E-state index contributed by atoms with van der Waals surface area (Å²) in [5.41, 5.74) is 1.65. The van der Waals surface area contributed by atoms with Crippen LogP contribution in [0, 0.1) is 0 Å². The van der Waals surface area contributed by atoms with Crippen LogP contribution in [0.25, 0.3) is 5.65 Å². The molecule has 0 bridgehead atoms. The number of aromatic nitrogens is 4. The van der Waals surface area contributed by atoms with Crippen molar-refractivity contribution in [1.82, 2.24) is 25.1 Å². The van der Waals surface area contributed by atoms with Gasteiger partial charge in [0.05, 0.1) is 20.3 Å². The molecule has 10 nitrogen and oxygen atoms in total. The molecule has 33 heavy (non-hydrogen) atoms. The summed E-state index contributed by atoms with van der Waals surface area (Å²) in [5, 5.41) is 16.1. The molecule has 2 aromatic heterocycles. The molecule has 2 aliphatic heterocycles. The Bertz CT molecular complexity index is 1120. The van der Waals surface area contributed by atoms with Gasteiger partial charge in [0, 0.05) is 45.3 Å². The van der Waals surface area contributed by atoms with E-state index in [9.17, 15) is 4.79 Å². The van der Waals surface area contributed by atoms with Gasteiger partial charge >= 0.3 is 0 Å². The number of hydrogen-bond acceptors (Lipinski definition) is 8. The summed E-state index contributed by atoms with van der Waals surface area (Å²) >= 11 is 0. The molecule has 0 saturated carbocycles. The summed E-state index contributed by atoms with van der Waals surface area (Å²) in [6, 6.07) is 11.5. The summed E-state index contributed by atoms with van der Waals surface area (Å²) < 4.78 is 18.6. The molecule has 2 aliphatic rings. The maximum atomic E-state index is 12.4. The second-order valence-electron chi connectivity index (χ2n) is 8.30. The first kappa shape index (κ1) is 21.6. The number of nitrogens with zero attached hydrogens (tertiary/aromatic N) is 5. The van der Waals surface area contributed by atoms with E-state index in [1.54, 1.807) is 11.6 Å². The molecular formula is C23H28N6O4. The molecule has 2 saturated heterocycles. The predicted octanol–water partition coefficient (Wildman–Crippen LogP) is 1.73. The molecule has 0 aliphatic carbocycles. The normalized spacial score (nSPS) is 17.5. The van der Waals surface area contributed by atoms with Crippen LogP contribution in [0.3, 0.4) is 0 Å². The molecule has 4 heterocycles. The molecule has 1 amide bonds. The number of aryl methyl sites for hydroxylation is 1. The maximum absolute atomic E-state index is 12.4. The van der Waals surface area contributed by atoms with Crippen LogP contribution in [0.1, 0.15) is 30.7 Å². The van der Waals surface area contributed by atoms with Crippen LogP contribution >= 0.6 is 0 Å². The van der Waals surface area contributed by atoms with Gasteiger partial charge in [0.1, 0.15) is 11.6 Å². The van der Waals surface area contributed by atoms with Gasteiger partial charge in [-0.25, -0.2) is 0 Å². The smallest absolute Gasteiger partial charge is 0.220 e. The van der Waals surface area contributed by atoms with Crippen molar-refractivity contribution < 1.29 is 19.0 Å². The highest BCUT2D eigenvalue weighted by Crippen LogP contribution is 2.32. The fraction of sp³-hybridized carbons (Fsp3) is 0.478. The van der Waals surface area contributed by atoms with Crippen LogP contribution in [0.2, 0.25) is 0 Å². The molecule has 1 N–H and O–H groups in total. The van der Waals surface area contributed by atoms with E-state index in [1.165, 1.54) is 0 Å². The highest BCUT2D eigenvalue weighted by Gasteiger charge is 2.40. The van der Waals surface area contributed by atoms with Crippen molar-refractivity contribution in [2.75, 3.05) is 38.3 Å². The molecule has 0 radical (unpaired) electrons. The summed E-state index contributed by atoms with van der Waals surface area (Å²) in [4.78, 5) is 14.6. The van der Waals surface area contributed by atoms with Gasteiger partial charge in [0.25, 0.3) is 0 Å². The minimum atomic E-state index is -0.416. The quantitative estimate of drug-likeness (QED) is 0.578. The van der Waals surface area contributed by atoms with Crippen molar-refractivity contribution in [3.8, 4) is 5.75 Å². The number of anilines is 1. The number of piperidine rings is 1. The topological polar surface area (TPSA) is 103 Å². The van der Waals surface area contributed by atoms with Crippen molar-refractivity contribution in [2.45, 2.75) is 38.0 Å². The zero-order valence-electron chi connectivity index (χ0n) is 18.7. The first-order chi connectivity index (χ1) is 16.1. The van der Waals surface area contributed by atoms with Crippen molar-refractivity contribution in [3.63, 3.8) is 0 Å². The summed E-state index contributed by atoms with van der Waals surface area (Å²) in [6.45, 7) is 3.40. The fourth-order valence-corrected chi connectivity index (χ4v) is 4.31. The Kier molecular flexibility index (Phi) is 6.10. The Labute approximate surface area is 191 Å². The number of benzene rings is 1. The zero-order valence-corrected chi connectivity index (χ0v) is 18.7. The Balaban J connectivity index is 1.19. The number of methoxy groups -OCH3 is 1. The molecule has 1 spiro atoms. The van der Waals surface area contributed by atoms with Crippen LogP contribution in [-0.4, -0.2) is 64.9 Å². The number of hydrogen-bond donors (Lipinski definition) is 1. The Hall–Kier alpha value is -3.24. The first-order valence-electron chi connectivity index (χ1n) is 11.3. The Morgan fingerprint density at radius 3 is 2.76 bits per heavy atom. The molecule has 2 fully saturated rings. The van der Waals surface area contributed by atoms with Gasteiger partial charge in [0.15, 0.2) is 17.3 Å². The lowest BCUT2D eigenvalue weighted by Gasteiger charge is -2.38. The molecule has 1 aromatic carbocycles. The van der Waals surface area contributed by atoms with Crippen LogP contribution in [-0.2, 0) is 27.2 Å². The van der Waals surface area contributed by atoms with E-state index >= 15 is 0 Å². The second-order valence-corrected chi connectivity index (χ2v) is 8.30. The van der Waals surface area contributed by atoms with Gasteiger partial charge in [0.2, 0.25) is 5.91 Å². The summed E-state index contributed by atoms with van der Waals surface area (Å²) in [6.07, 6.45) is 2.38. The monoisotopic (exact) mass is 452 g/mol. The lowest BCUT2D eigenvalue weighted by Crippen LogP contribution is -2.45. The molecule has 0 unspecified atom stereocenters. The highest BCUT2D eigenvalue weighted by molar-refractivity contribution is 5.76. The third-order valence-electron chi connectivity index (χ3n) is 6.18. The van der Waals surface area contributed by atoms with E-state index in [2.05, 4.69) is 20.4 Å². The molecular weight excluding hydrogens is 424 g/mol. The Morgan fingerprint density at radius 1 is 1.15 bits per heavy atom. The van der Waals surface area contributed by atoms with Crippen molar-refractivity contribution >= 4 is 17.4 Å². The van der Waals surface area contributed by atoms with Gasteiger partial charge in [-0.05, 0) is 29.8 Å². The average Bonchev–Trinajstić information content (AvgIpc) is 3.48. The van der Waals surface area contributed by atoms with Gasteiger partial charge in [-0.3, -0.25) is 4.79 Å². The predicted molar refractivity (Wildman–Crippen MR) is 120 cm³/mol. The fourth-order valence-electron chi connectivity index (χ4n) is 4.31. The van der Waals surface area contributed by atoms with E-state index < -0.39 is 5.79 Å². The van der Waals surface area contributed by atoms with E-state index in [-0.39, 0.29) is 5.91 Å². The van der Waals surface area contributed by atoms with E-state index in [1.807, 2.05) is 36.4 Å². The number of carbonyl (C=O) groups excluding carboxylic acids is 1. The average molecular weight is 453 g/mol. The number of ether oxygens (including phenoxy) is 3. The van der Waals surface area contributed by atoms with E-state index in [0.717, 1.165) is 43.1 Å². The van der Waals surface area contributed by atoms with Crippen molar-refractivity contribution in [3.05, 3.63) is 47.8 Å². The summed E-state index contributed by atoms with van der Waals surface area (Å²) in [7, 11) is 1.63. The number of rotatable bonds is 7. The lowest BCUT2D eigenvalue weighted by molar-refractivity contribution is -0.169. The van der Waals surface area contributed by atoms with Gasteiger partial charge in [-0.15, -0.1) is 15.3 Å². The van der Waals surface area contributed by atoms with Crippen LogP contribution in [0.15, 0.2) is 36.4 Å². The SMILES string of the molecule is COc1cccc(CNC(=O)CCc2nnc3ccc(N4CCC5(CC4)OCCO5)nn23)c1. The van der Waals surface area contributed by atoms with Crippen LogP contribution < -0.4 is 15.0 Å². The highest BCUT2D eigenvalue weighted by atomic mass is 16.7. The summed E-state index contributed by atoms with van der Waals surface area (Å²) in [5.74, 6) is 1.83. The third kappa shape index (κ3) is 4.76. The zero-order chi connectivity index (χ0) is 22.7. The molecule has 10 heteroatoms. The maximum Gasteiger partial charge on any atom is 0.220 e. The number of carbonyl (C=O) groups is 1. The molecule has 5 rings (SSSR count). The minimum Gasteiger partial charge on any atom is -0.497 e. The van der Waals surface area contributed by atoms with Crippen molar-refractivity contribution in [1.29, 1.82) is 0 Å². The van der Waals surface area contributed by atoms with Gasteiger partial charge in [-0.2, -0.15) is 4.52 Å². The third-order valence-corrected chi connectivity index (χ3v) is 6.18. The minimum absolute atomic E-state index is 0.0522. The van der Waals surface area contributed by atoms with Crippen LogP contribution in [0.5, 0.6) is 5.75 Å². The van der Waals surface area contributed by atoms with E-state index in [0.29, 0.717) is 44.1 Å².